The molecule has 82 valence electrons. The van der Waals surface area contributed by atoms with Crippen LogP contribution < -0.4 is 0 Å². The van der Waals surface area contributed by atoms with Crippen LogP contribution in [0.15, 0.2) is 18.2 Å². The van der Waals surface area contributed by atoms with Gasteiger partial charge < -0.3 is 15.6 Å². The lowest BCUT2D eigenvalue weighted by molar-refractivity contribution is 0.169. The van der Waals surface area contributed by atoms with Crippen molar-refractivity contribution < 1.29 is 10.2 Å². The summed E-state index contributed by atoms with van der Waals surface area (Å²) in [6.07, 6.45) is 0.504. The van der Waals surface area contributed by atoms with Crippen molar-refractivity contribution in [3.05, 3.63) is 29.3 Å². The standard InChI is InChI=1S/C12H17NO2/c1-8-5-10(7-11(14)6-8)12(15)4-3-9(2)13/h5-7,12-15H,3-4H2,1-2H3/t12-/m0/s1. The molecular weight excluding hydrogens is 190 g/mol. The quantitative estimate of drug-likeness (QED) is 0.664. The summed E-state index contributed by atoms with van der Waals surface area (Å²) in [4.78, 5) is 0. The Balaban J connectivity index is 2.72. The van der Waals surface area contributed by atoms with Crippen molar-refractivity contribution in [1.29, 1.82) is 5.41 Å². The fourth-order valence-electron chi connectivity index (χ4n) is 1.50. The third kappa shape index (κ3) is 3.72. The Morgan fingerprint density at radius 1 is 1.40 bits per heavy atom. The molecule has 0 saturated heterocycles. The Kier molecular flexibility index (Phi) is 3.86. The van der Waals surface area contributed by atoms with Gasteiger partial charge in [-0.15, -0.1) is 0 Å². The second-order valence-electron chi connectivity index (χ2n) is 3.94. The molecule has 0 bridgehead atoms. The van der Waals surface area contributed by atoms with E-state index in [9.17, 15) is 10.2 Å². The number of benzene rings is 1. The lowest BCUT2D eigenvalue weighted by Gasteiger charge is -2.11. The van der Waals surface area contributed by atoms with Crippen LogP contribution in [0.1, 0.15) is 37.0 Å². The van der Waals surface area contributed by atoms with Crippen molar-refractivity contribution in [3.63, 3.8) is 0 Å². The van der Waals surface area contributed by atoms with Crippen LogP contribution in [-0.2, 0) is 0 Å². The molecule has 1 rings (SSSR count). The minimum Gasteiger partial charge on any atom is -0.508 e. The average molecular weight is 207 g/mol. The zero-order valence-corrected chi connectivity index (χ0v) is 9.12. The number of phenolic OH excluding ortho intramolecular Hbond substituents is 1. The molecule has 0 aliphatic carbocycles. The molecule has 3 N–H and O–H groups in total. The molecule has 3 heteroatoms. The first-order chi connectivity index (χ1) is 6.99. The van der Waals surface area contributed by atoms with Crippen LogP contribution in [0.4, 0.5) is 0 Å². The summed E-state index contributed by atoms with van der Waals surface area (Å²) < 4.78 is 0. The van der Waals surface area contributed by atoms with Crippen molar-refractivity contribution in [3.8, 4) is 5.75 Å². The molecule has 0 aliphatic rings. The van der Waals surface area contributed by atoms with Crippen molar-refractivity contribution in [2.45, 2.75) is 32.8 Å². The Morgan fingerprint density at radius 2 is 2.07 bits per heavy atom. The van der Waals surface area contributed by atoms with Gasteiger partial charge in [0.2, 0.25) is 0 Å². The number of aromatic hydroxyl groups is 1. The summed E-state index contributed by atoms with van der Waals surface area (Å²) in [6.45, 7) is 3.60. The highest BCUT2D eigenvalue weighted by Gasteiger charge is 2.09. The largest absolute Gasteiger partial charge is 0.508 e. The molecule has 0 aliphatic heterocycles. The van der Waals surface area contributed by atoms with Crippen LogP contribution in [0, 0.1) is 12.3 Å². The van der Waals surface area contributed by atoms with Gasteiger partial charge in [-0.05, 0) is 49.9 Å². The maximum atomic E-state index is 9.81. The van der Waals surface area contributed by atoms with Crippen LogP contribution in [0.5, 0.6) is 5.75 Å². The van der Waals surface area contributed by atoms with Gasteiger partial charge >= 0.3 is 0 Å². The van der Waals surface area contributed by atoms with E-state index in [-0.39, 0.29) is 5.75 Å². The molecule has 1 aromatic rings. The van der Waals surface area contributed by atoms with E-state index >= 15 is 0 Å². The second kappa shape index (κ2) is 4.94. The third-order valence-electron chi connectivity index (χ3n) is 2.26. The van der Waals surface area contributed by atoms with Crippen LogP contribution in [-0.4, -0.2) is 15.9 Å². The van der Waals surface area contributed by atoms with Crippen LogP contribution in [0.3, 0.4) is 0 Å². The Hall–Kier alpha value is -1.35. The molecule has 0 heterocycles. The second-order valence-corrected chi connectivity index (χ2v) is 3.94. The van der Waals surface area contributed by atoms with Gasteiger partial charge in [-0.25, -0.2) is 0 Å². The van der Waals surface area contributed by atoms with Gasteiger partial charge in [0.15, 0.2) is 0 Å². The van der Waals surface area contributed by atoms with Crippen molar-refractivity contribution in [1.82, 2.24) is 0 Å². The highest BCUT2D eigenvalue weighted by atomic mass is 16.3. The van der Waals surface area contributed by atoms with Crippen molar-refractivity contribution in [2.75, 3.05) is 0 Å². The van der Waals surface area contributed by atoms with E-state index in [1.54, 1.807) is 19.1 Å². The fourth-order valence-corrected chi connectivity index (χ4v) is 1.50. The summed E-state index contributed by atoms with van der Waals surface area (Å²) >= 11 is 0. The Morgan fingerprint density at radius 3 is 2.60 bits per heavy atom. The molecule has 15 heavy (non-hydrogen) atoms. The smallest absolute Gasteiger partial charge is 0.116 e. The van der Waals surface area contributed by atoms with Gasteiger partial charge in [0.25, 0.3) is 0 Å². The first-order valence-electron chi connectivity index (χ1n) is 5.01. The third-order valence-corrected chi connectivity index (χ3v) is 2.26. The minimum absolute atomic E-state index is 0.177. The number of hydrogen-bond donors (Lipinski definition) is 3. The van der Waals surface area contributed by atoms with Gasteiger partial charge in [0.1, 0.15) is 5.75 Å². The molecule has 1 aromatic carbocycles. The highest BCUT2D eigenvalue weighted by Crippen LogP contribution is 2.23. The van der Waals surface area contributed by atoms with Crippen molar-refractivity contribution in [2.24, 2.45) is 0 Å². The Labute approximate surface area is 89.9 Å². The minimum atomic E-state index is -0.601. The number of aryl methyl sites for hydroxylation is 1. The van der Waals surface area contributed by atoms with Gasteiger partial charge in [-0.1, -0.05) is 6.07 Å². The molecule has 1 atom stereocenters. The molecule has 0 aromatic heterocycles. The number of nitrogens with one attached hydrogen (secondary N) is 1. The maximum absolute atomic E-state index is 9.81. The van der Waals surface area contributed by atoms with Gasteiger partial charge in [-0.2, -0.15) is 0 Å². The topological polar surface area (TPSA) is 64.3 Å². The summed E-state index contributed by atoms with van der Waals surface area (Å²) in [5.41, 5.74) is 2.20. The van der Waals surface area contributed by atoms with E-state index in [0.717, 1.165) is 5.56 Å². The number of phenols is 1. The highest BCUT2D eigenvalue weighted by molar-refractivity contribution is 5.78. The first-order valence-corrected chi connectivity index (χ1v) is 5.01. The monoisotopic (exact) mass is 207 g/mol. The number of rotatable bonds is 4. The van der Waals surface area contributed by atoms with E-state index in [4.69, 9.17) is 5.41 Å². The first kappa shape index (κ1) is 11.7. The zero-order chi connectivity index (χ0) is 11.4. The molecule has 0 spiro atoms. The fraction of sp³-hybridized carbons (Fsp3) is 0.417. The van der Waals surface area contributed by atoms with Crippen molar-refractivity contribution >= 4 is 5.71 Å². The number of aliphatic hydroxyl groups is 1. The molecule has 0 amide bonds. The molecule has 0 saturated carbocycles. The van der Waals surface area contributed by atoms with E-state index in [0.29, 0.717) is 24.1 Å². The summed E-state index contributed by atoms with van der Waals surface area (Å²) in [5.74, 6) is 0.177. The molecule has 0 fully saturated rings. The van der Waals surface area contributed by atoms with Gasteiger partial charge in [0, 0.05) is 5.71 Å². The zero-order valence-electron chi connectivity index (χ0n) is 9.12. The SMILES string of the molecule is CC(=N)CC[C@H](O)c1cc(C)cc(O)c1. The van der Waals surface area contributed by atoms with E-state index in [1.165, 1.54) is 0 Å². The predicted molar refractivity (Wildman–Crippen MR) is 60.4 cm³/mol. The lowest BCUT2D eigenvalue weighted by Crippen LogP contribution is -2.00. The summed E-state index contributed by atoms with van der Waals surface area (Å²) in [5, 5.41) is 26.5. The normalized spacial score (nSPS) is 12.5. The van der Waals surface area contributed by atoms with E-state index in [2.05, 4.69) is 0 Å². The van der Waals surface area contributed by atoms with Gasteiger partial charge in [0.05, 0.1) is 6.10 Å². The van der Waals surface area contributed by atoms with Gasteiger partial charge in [-0.3, -0.25) is 0 Å². The van der Waals surface area contributed by atoms with E-state index < -0.39 is 6.10 Å². The lowest BCUT2D eigenvalue weighted by atomic mass is 10.0. The van der Waals surface area contributed by atoms with Crippen LogP contribution >= 0.6 is 0 Å². The summed E-state index contributed by atoms with van der Waals surface area (Å²) in [6, 6.07) is 5.07. The molecular formula is C12H17NO2. The predicted octanol–water partition coefficient (Wildman–Crippen LogP) is 2.55. The Bertz CT molecular complexity index is 340. The summed E-state index contributed by atoms with van der Waals surface area (Å²) in [7, 11) is 0. The number of hydrogen-bond acceptors (Lipinski definition) is 3. The molecule has 0 unspecified atom stereocenters. The average Bonchev–Trinajstić information content (AvgIpc) is 2.12. The van der Waals surface area contributed by atoms with Crippen LogP contribution in [0.2, 0.25) is 0 Å². The maximum Gasteiger partial charge on any atom is 0.116 e. The molecule has 3 nitrogen and oxygen atoms in total. The van der Waals surface area contributed by atoms with E-state index in [1.807, 2.05) is 13.0 Å². The molecule has 0 radical (unpaired) electrons. The van der Waals surface area contributed by atoms with Crippen LogP contribution in [0.25, 0.3) is 0 Å². The number of aliphatic hydroxyl groups excluding tert-OH is 1.